The molecule has 0 saturated heterocycles. The zero-order chi connectivity index (χ0) is 22.4. The van der Waals surface area contributed by atoms with Crippen molar-refractivity contribution in [1.82, 2.24) is 9.55 Å². The van der Waals surface area contributed by atoms with Crippen molar-refractivity contribution in [2.75, 3.05) is 23.7 Å². The number of aromatic nitrogens is 2. The fraction of sp³-hybridized carbons (Fsp3) is 0.261. The van der Waals surface area contributed by atoms with E-state index in [0.29, 0.717) is 0 Å². The molecule has 8 nitrogen and oxygen atoms in total. The predicted octanol–water partition coefficient (Wildman–Crippen LogP) is 0.845. The molecule has 0 aliphatic carbocycles. The van der Waals surface area contributed by atoms with Crippen LogP contribution in [0.2, 0.25) is 0 Å². The van der Waals surface area contributed by atoms with Crippen molar-refractivity contribution in [1.29, 1.82) is 0 Å². The monoisotopic (exact) mass is 422 g/mol. The van der Waals surface area contributed by atoms with Crippen molar-refractivity contribution in [3.8, 4) is 0 Å². The Hall–Kier alpha value is -3.65. The Morgan fingerprint density at radius 2 is 1.71 bits per heavy atom. The molecule has 0 aliphatic rings. The third-order valence-corrected chi connectivity index (χ3v) is 5.26. The van der Waals surface area contributed by atoms with E-state index in [1.54, 1.807) is 6.92 Å². The Morgan fingerprint density at radius 1 is 1.10 bits per heavy atom. The summed E-state index contributed by atoms with van der Waals surface area (Å²) in [6.07, 6.45) is 0. The van der Waals surface area contributed by atoms with Gasteiger partial charge in [0.15, 0.2) is 12.2 Å². The normalized spacial score (nSPS) is 11.8. The first kappa shape index (κ1) is 22.0. The van der Waals surface area contributed by atoms with Gasteiger partial charge in [-0.2, -0.15) is 0 Å². The number of carbonyl (C=O) groups is 1. The van der Waals surface area contributed by atoms with Crippen molar-refractivity contribution >= 4 is 17.4 Å². The highest BCUT2D eigenvalue weighted by atomic mass is 16.2. The van der Waals surface area contributed by atoms with Crippen LogP contribution in [-0.2, 0) is 11.3 Å². The molecule has 3 rings (SSSR count). The van der Waals surface area contributed by atoms with E-state index >= 15 is 0 Å². The lowest BCUT2D eigenvalue weighted by molar-refractivity contribution is -0.682. The summed E-state index contributed by atoms with van der Waals surface area (Å²) in [6.45, 7) is 4.37. The van der Waals surface area contributed by atoms with Gasteiger partial charge in [0.05, 0.1) is 6.54 Å². The van der Waals surface area contributed by atoms with Gasteiger partial charge in [-0.15, -0.1) is 0 Å². The zero-order valence-electron chi connectivity index (χ0n) is 17.7. The van der Waals surface area contributed by atoms with Gasteiger partial charge in [0.1, 0.15) is 11.9 Å². The number of amides is 1. The van der Waals surface area contributed by atoms with E-state index in [-0.39, 0.29) is 43.1 Å². The molecule has 1 amide bonds. The van der Waals surface area contributed by atoms with Crippen LogP contribution in [0.3, 0.4) is 0 Å². The minimum Gasteiger partial charge on any atom is -0.383 e. The molecule has 0 aliphatic heterocycles. The quantitative estimate of drug-likeness (QED) is 0.499. The third kappa shape index (κ3) is 5.10. The van der Waals surface area contributed by atoms with E-state index in [9.17, 15) is 14.4 Å². The molecule has 8 heteroatoms. The van der Waals surface area contributed by atoms with E-state index in [4.69, 9.17) is 5.73 Å². The van der Waals surface area contributed by atoms with E-state index in [0.717, 1.165) is 11.1 Å². The number of likely N-dealkylation sites (N-methyl/N-ethyl adjacent to an activating group) is 1. The molecule has 1 heterocycles. The number of quaternary nitrogens is 1. The zero-order valence-corrected chi connectivity index (χ0v) is 17.7. The topological polar surface area (TPSA) is 118 Å². The van der Waals surface area contributed by atoms with Gasteiger partial charge in [-0.1, -0.05) is 60.7 Å². The standard InChI is InChI=1S/C23H27N5O3/c1-3-27(19(29)14-25-16(2)18-12-8-5-9-13-18)20-21(24)28(23(31)26-22(20)30)15-17-10-6-4-7-11-17/h4-13,16,25H,3,14-15,24H2,1-2H3,(H,26,30,31)/p+1/t16-/m1/s1. The Balaban J connectivity index is 1.85. The van der Waals surface area contributed by atoms with Crippen LogP contribution in [-0.4, -0.2) is 28.5 Å². The van der Waals surface area contributed by atoms with E-state index < -0.39 is 11.2 Å². The minimum atomic E-state index is -0.668. The second kappa shape index (κ2) is 9.90. The van der Waals surface area contributed by atoms with Gasteiger partial charge < -0.3 is 11.1 Å². The number of aromatic amines is 1. The van der Waals surface area contributed by atoms with Crippen LogP contribution in [0.1, 0.15) is 31.0 Å². The highest BCUT2D eigenvalue weighted by Crippen LogP contribution is 2.17. The van der Waals surface area contributed by atoms with Crippen molar-refractivity contribution in [3.05, 3.63) is 92.6 Å². The summed E-state index contributed by atoms with van der Waals surface area (Å²) in [5.74, 6) is -0.281. The van der Waals surface area contributed by atoms with Crippen LogP contribution in [0.15, 0.2) is 70.3 Å². The summed E-state index contributed by atoms with van der Waals surface area (Å²) in [5.41, 5.74) is 6.92. The number of nitrogens with one attached hydrogen (secondary N) is 1. The lowest BCUT2D eigenvalue weighted by Gasteiger charge is -2.23. The van der Waals surface area contributed by atoms with Crippen LogP contribution in [0.4, 0.5) is 11.5 Å². The maximum atomic E-state index is 13.0. The van der Waals surface area contributed by atoms with Crippen LogP contribution >= 0.6 is 0 Å². The van der Waals surface area contributed by atoms with Crippen LogP contribution in [0.5, 0.6) is 0 Å². The molecular formula is C23H28N5O3+. The minimum absolute atomic E-state index is 0.00351. The SMILES string of the molecule is CCN(C(=O)C[NH2+][C@H](C)c1ccccc1)c1c(N)n(Cc2ccccc2)c(=O)[nH]c1=O. The van der Waals surface area contributed by atoms with Gasteiger partial charge in [0.2, 0.25) is 0 Å². The summed E-state index contributed by atoms with van der Waals surface area (Å²) in [6, 6.07) is 19.2. The number of benzene rings is 2. The first-order valence-corrected chi connectivity index (χ1v) is 10.3. The van der Waals surface area contributed by atoms with Crippen LogP contribution in [0, 0.1) is 0 Å². The van der Waals surface area contributed by atoms with E-state index in [1.165, 1.54) is 9.47 Å². The Labute approximate surface area is 180 Å². The van der Waals surface area contributed by atoms with Gasteiger partial charge in [-0.25, -0.2) is 4.79 Å². The van der Waals surface area contributed by atoms with Gasteiger partial charge in [-0.05, 0) is 19.4 Å². The Morgan fingerprint density at radius 3 is 2.32 bits per heavy atom. The molecular weight excluding hydrogens is 394 g/mol. The summed E-state index contributed by atoms with van der Waals surface area (Å²) in [4.78, 5) is 41.6. The largest absolute Gasteiger partial charge is 0.383 e. The fourth-order valence-corrected chi connectivity index (χ4v) is 3.50. The maximum absolute atomic E-state index is 13.0. The van der Waals surface area contributed by atoms with Crippen LogP contribution < -0.4 is 27.2 Å². The van der Waals surface area contributed by atoms with Crippen molar-refractivity contribution in [2.24, 2.45) is 0 Å². The Kier molecular flexibility index (Phi) is 7.04. The van der Waals surface area contributed by atoms with Gasteiger partial charge in [0.25, 0.3) is 11.5 Å². The van der Waals surface area contributed by atoms with E-state index in [1.807, 2.05) is 72.9 Å². The van der Waals surface area contributed by atoms with E-state index in [2.05, 4.69) is 4.98 Å². The molecule has 0 radical (unpaired) electrons. The lowest BCUT2D eigenvalue weighted by Crippen LogP contribution is -2.87. The number of hydrogen-bond acceptors (Lipinski definition) is 4. The fourth-order valence-electron chi connectivity index (χ4n) is 3.50. The van der Waals surface area contributed by atoms with Crippen molar-refractivity contribution in [3.63, 3.8) is 0 Å². The molecule has 2 aromatic carbocycles. The number of rotatable bonds is 8. The third-order valence-electron chi connectivity index (χ3n) is 5.26. The number of carbonyl (C=O) groups excluding carboxylic acids is 1. The lowest BCUT2D eigenvalue weighted by atomic mass is 10.1. The first-order chi connectivity index (χ1) is 14.9. The summed E-state index contributed by atoms with van der Waals surface area (Å²) in [7, 11) is 0. The molecule has 3 aromatic rings. The van der Waals surface area contributed by atoms with Crippen molar-refractivity contribution < 1.29 is 10.1 Å². The summed E-state index contributed by atoms with van der Waals surface area (Å²) in [5, 5.41) is 1.91. The molecule has 162 valence electrons. The number of H-pyrrole nitrogens is 1. The first-order valence-electron chi connectivity index (χ1n) is 10.3. The molecule has 1 aromatic heterocycles. The molecule has 0 saturated carbocycles. The number of nitrogens with two attached hydrogens (primary N) is 2. The highest BCUT2D eigenvalue weighted by molar-refractivity contribution is 5.96. The Bertz CT molecular complexity index is 1140. The second-order valence-corrected chi connectivity index (χ2v) is 7.34. The summed E-state index contributed by atoms with van der Waals surface area (Å²) < 4.78 is 1.28. The van der Waals surface area contributed by atoms with Gasteiger partial charge in [-0.3, -0.25) is 24.0 Å². The predicted molar refractivity (Wildman–Crippen MR) is 121 cm³/mol. The molecule has 0 bridgehead atoms. The maximum Gasteiger partial charge on any atom is 0.330 e. The number of nitrogens with zero attached hydrogens (tertiary/aromatic N) is 2. The molecule has 31 heavy (non-hydrogen) atoms. The molecule has 0 unspecified atom stereocenters. The number of hydrogen-bond donors (Lipinski definition) is 3. The van der Waals surface area contributed by atoms with Crippen LogP contribution in [0.25, 0.3) is 0 Å². The van der Waals surface area contributed by atoms with Gasteiger partial charge >= 0.3 is 5.69 Å². The second-order valence-electron chi connectivity index (χ2n) is 7.34. The smallest absolute Gasteiger partial charge is 0.330 e. The number of nitrogen functional groups attached to an aromatic ring is 1. The molecule has 0 spiro atoms. The van der Waals surface area contributed by atoms with Gasteiger partial charge in [0, 0.05) is 12.1 Å². The molecule has 0 fully saturated rings. The summed E-state index contributed by atoms with van der Waals surface area (Å²) >= 11 is 0. The van der Waals surface area contributed by atoms with Crippen molar-refractivity contribution in [2.45, 2.75) is 26.4 Å². The average Bonchev–Trinajstić information content (AvgIpc) is 2.78. The molecule has 5 N–H and O–H groups in total. The highest BCUT2D eigenvalue weighted by Gasteiger charge is 2.24. The average molecular weight is 423 g/mol. The number of anilines is 2. The molecule has 1 atom stereocenters.